The Labute approximate surface area is 155 Å². The number of alkyl halides is 3. The van der Waals surface area contributed by atoms with E-state index in [0.29, 0.717) is 38.7 Å². The number of nitrogens with zero attached hydrogens (tertiary/aromatic N) is 5. The highest BCUT2D eigenvalue weighted by atomic mass is 19.4. The van der Waals surface area contributed by atoms with Gasteiger partial charge in [-0.1, -0.05) is 6.07 Å². The van der Waals surface area contributed by atoms with Crippen LogP contribution in [0.2, 0.25) is 0 Å². The number of guanidine groups is 1. The van der Waals surface area contributed by atoms with Crippen molar-refractivity contribution in [3.8, 4) is 0 Å². The summed E-state index contributed by atoms with van der Waals surface area (Å²) in [5.74, 6) is 1.52. The van der Waals surface area contributed by atoms with E-state index in [0.717, 1.165) is 17.9 Å². The molecule has 0 bridgehead atoms. The lowest BCUT2D eigenvalue weighted by Gasteiger charge is -2.18. The van der Waals surface area contributed by atoms with Crippen molar-refractivity contribution in [3.05, 3.63) is 30.2 Å². The Bertz CT molecular complexity index is 771. The Morgan fingerprint density at radius 1 is 1.30 bits per heavy atom. The summed E-state index contributed by atoms with van der Waals surface area (Å²) in [6.07, 6.45) is -1.51. The lowest BCUT2D eigenvalue weighted by atomic mass is 10.1. The molecule has 3 heterocycles. The predicted molar refractivity (Wildman–Crippen MR) is 96.4 cm³/mol. The van der Waals surface area contributed by atoms with E-state index in [4.69, 9.17) is 0 Å². The molecule has 2 aromatic heterocycles. The number of nitrogens with one attached hydrogen (secondary N) is 2. The molecule has 10 heteroatoms. The molecule has 0 spiro atoms. The molecule has 1 atom stereocenters. The predicted octanol–water partition coefficient (Wildman–Crippen LogP) is 1.67. The Balaban J connectivity index is 1.54. The van der Waals surface area contributed by atoms with E-state index in [2.05, 4.69) is 25.8 Å². The minimum absolute atomic E-state index is 0.171. The van der Waals surface area contributed by atoms with Gasteiger partial charge in [0.15, 0.2) is 17.4 Å². The molecule has 1 aliphatic rings. The van der Waals surface area contributed by atoms with Crippen molar-refractivity contribution in [1.82, 2.24) is 30.1 Å². The normalized spacial score (nSPS) is 19.0. The third kappa shape index (κ3) is 5.56. The molecule has 1 unspecified atom stereocenters. The van der Waals surface area contributed by atoms with Crippen LogP contribution in [0.3, 0.4) is 0 Å². The van der Waals surface area contributed by atoms with E-state index >= 15 is 0 Å². The van der Waals surface area contributed by atoms with Crippen molar-refractivity contribution in [2.75, 3.05) is 32.7 Å². The van der Waals surface area contributed by atoms with E-state index in [1.807, 2.05) is 35.7 Å². The van der Waals surface area contributed by atoms with E-state index in [9.17, 15) is 13.2 Å². The van der Waals surface area contributed by atoms with Crippen LogP contribution in [0.4, 0.5) is 13.2 Å². The molecule has 2 N–H and O–H groups in total. The summed E-state index contributed by atoms with van der Waals surface area (Å²) >= 11 is 0. The van der Waals surface area contributed by atoms with Crippen molar-refractivity contribution < 1.29 is 13.2 Å². The minimum atomic E-state index is -4.14. The number of halogens is 3. The van der Waals surface area contributed by atoms with Crippen molar-refractivity contribution >= 4 is 11.6 Å². The standard InChI is InChI=1S/C17H24F3N7/c1-2-21-16(22-9-13-6-8-26(11-13)12-17(18,19)20)23-10-15-25-24-14-5-3-4-7-27(14)15/h3-5,7,13H,2,6,8-12H2,1H3,(H2,21,22,23). The van der Waals surface area contributed by atoms with Crippen LogP contribution in [-0.4, -0.2) is 64.4 Å². The zero-order chi connectivity index (χ0) is 19.3. The minimum Gasteiger partial charge on any atom is -0.357 e. The molecule has 1 aliphatic heterocycles. The first-order valence-electron chi connectivity index (χ1n) is 9.04. The molecular weight excluding hydrogens is 359 g/mol. The fraction of sp³-hybridized carbons (Fsp3) is 0.588. The monoisotopic (exact) mass is 383 g/mol. The Kier molecular flexibility index (Phi) is 6.15. The molecule has 0 aromatic carbocycles. The highest BCUT2D eigenvalue weighted by Gasteiger charge is 2.34. The molecule has 3 rings (SSSR count). The largest absolute Gasteiger partial charge is 0.401 e. The van der Waals surface area contributed by atoms with Crippen molar-refractivity contribution in [2.24, 2.45) is 10.9 Å². The third-order valence-corrected chi connectivity index (χ3v) is 4.44. The second kappa shape index (κ2) is 8.55. The molecule has 148 valence electrons. The highest BCUT2D eigenvalue weighted by Crippen LogP contribution is 2.22. The fourth-order valence-electron chi connectivity index (χ4n) is 3.21. The summed E-state index contributed by atoms with van der Waals surface area (Å²) in [7, 11) is 0. The van der Waals surface area contributed by atoms with E-state index < -0.39 is 12.7 Å². The van der Waals surface area contributed by atoms with Crippen LogP contribution in [0, 0.1) is 5.92 Å². The summed E-state index contributed by atoms with van der Waals surface area (Å²) in [5.41, 5.74) is 0.761. The van der Waals surface area contributed by atoms with E-state index in [1.165, 1.54) is 4.90 Å². The smallest absolute Gasteiger partial charge is 0.357 e. The molecule has 0 amide bonds. The summed E-state index contributed by atoms with van der Waals surface area (Å²) < 4.78 is 39.4. The van der Waals surface area contributed by atoms with Crippen molar-refractivity contribution in [1.29, 1.82) is 0 Å². The number of fused-ring (bicyclic) bond motifs is 1. The summed E-state index contributed by atoms with van der Waals surface area (Å²) in [5, 5.41) is 14.6. The number of hydrogen-bond acceptors (Lipinski definition) is 4. The summed E-state index contributed by atoms with van der Waals surface area (Å²) in [6.45, 7) is 3.68. The first-order chi connectivity index (χ1) is 12.9. The molecular formula is C17H24F3N7. The fourth-order valence-corrected chi connectivity index (χ4v) is 3.21. The Hall–Kier alpha value is -2.36. The summed E-state index contributed by atoms with van der Waals surface area (Å²) in [4.78, 5) is 5.98. The van der Waals surface area contributed by atoms with Gasteiger partial charge in [0, 0.05) is 25.8 Å². The topological polar surface area (TPSA) is 69.8 Å². The summed E-state index contributed by atoms with van der Waals surface area (Å²) in [6, 6.07) is 5.67. The van der Waals surface area contributed by atoms with Gasteiger partial charge in [-0.05, 0) is 37.9 Å². The van der Waals surface area contributed by atoms with Crippen LogP contribution < -0.4 is 10.6 Å². The third-order valence-electron chi connectivity index (χ3n) is 4.44. The molecule has 0 saturated carbocycles. The van der Waals surface area contributed by atoms with Gasteiger partial charge in [0.2, 0.25) is 0 Å². The molecule has 7 nitrogen and oxygen atoms in total. The SMILES string of the molecule is CCNC(=NCc1nnc2ccccn12)NCC1CCN(CC(F)(F)F)C1. The zero-order valence-electron chi connectivity index (χ0n) is 15.2. The van der Waals surface area contributed by atoms with Gasteiger partial charge in [-0.3, -0.25) is 9.30 Å². The molecule has 1 saturated heterocycles. The second-order valence-electron chi connectivity index (χ2n) is 6.63. The Morgan fingerprint density at radius 3 is 2.93 bits per heavy atom. The average Bonchev–Trinajstić information content (AvgIpc) is 3.23. The quantitative estimate of drug-likeness (QED) is 0.587. The maximum atomic E-state index is 12.5. The number of rotatable bonds is 6. The molecule has 0 aliphatic carbocycles. The average molecular weight is 383 g/mol. The van der Waals surface area contributed by atoms with Gasteiger partial charge in [-0.2, -0.15) is 13.2 Å². The molecule has 0 radical (unpaired) electrons. The number of aliphatic imine (C=N–C) groups is 1. The van der Waals surface area contributed by atoms with Crippen LogP contribution in [0.1, 0.15) is 19.2 Å². The maximum absolute atomic E-state index is 12.5. The van der Waals surface area contributed by atoms with Gasteiger partial charge >= 0.3 is 6.18 Å². The van der Waals surface area contributed by atoms with Gasteiger partial charge in [0.05, 0.1) is 6.54 Å². The number of aromatic nitrogens is 3. The molecule has 1 fully saturated rings. The highest BCUT2D eigenvalue weighted by molar-refractivity contribution is 5.79. The maximum Gasteiger partial charge on any atom is 0.401 e. The number of hydrogen-bond donors (Lipinski definition) is 2. The zero-order valence-corrected chi connectivity index (χ0v) is 15.2. The van der Waals surface area contributed by atoms with Crippen LogP contribution in [-0.2, 0) is 6.54 Å². The van der Waals surface area contributed by atoms with Crippen LogP contribution in [0.5, 0.6) is 0 Å². The Morgan fingerprint density at radius 2 is 2.15 bits per heavy atom. The van der Waals surface area contributed by atoms with Crippen molar-refractivity contribution in [2.45, 2.75) is 26.1 Å². The van der Waals surface area contributed by atoms with Gasteiger partial charge in [-0.15, -0.1) is 10.2 Å². The van der Waals surface area contributed by atoms with E-state index in [-0.39, 0.29) is 5.92 Å². The lowest BCUT2D eigenvalue weighted by molar-refractivity contribution is -0.143. The van der Waals surface area contributed by atoms with Gasteiger partial charge in [-0.25, -0.2) is 4.99 Å². The second-order valence-corrected chi connectivity index (χ2v) is 6.63. The van der Waals surface area contributed by atoms with E-state index in [1.54, 1.807) is 0 Å². The van der Waals surface area contributed by atoms with Crippen molar-refractivity contribution in [3.63, 3.8) is 0 Å². The van der Waals surface area contributed by atoms with Gasteiger partial charge in [0.1, 0.15) is 6.54 Å². The van der Waals surface area contributed by atoms with Gasteiger partial charge < -0.3 is 10.6 Å². The lowest BCUT2D eigenvalue weighted by Crippen LogP contribution is -2.40. The molecule has 27 heavy (non-hydrogen) atoms. The van der Waals surface area contributed by atoms with Crippen LogP contribution in [0.15, 0.2) is 29.4 Å². The van der Waals surface area contributed by atoms with Crippen LogP contribution >= 0.6 is 0 Å². The first kappa shape index (κ1) is 19.4. The molecule has 2 aromatic rings. The van der Waals surface area contributed by atoms with Crippen LogP contribution in [0.25, 0.3) is 5.65 Å². The number of likely N-dealkylation sites (tertiary alicyclic amines) is 1. The number of pyridine rings is 1. The first-order valence-corrected chi connectivity index (χ1v) is 9.04. The van der Waals surface area contributed by atoms with Gasteiger partial charge in [0.25, 0.3) is 0 Å².